The van der Waals surface area contributed by atoms with Crippen molar-refractivity contribution < 1.29 is 74.2 Å². The summed E-state index contributed by atoms with van der Waals surface area (Å²) in [6.45, 7) is 0. The van der Waals surface area contributed by atoms with Crippen molar-refractivity contribution in [2.75, 3.05) is 21.3 Å². The normalized spacial score (nSPS) is 13.9. The van der Waals surface area contributed by atoms with Gasteiger partial charge in [-0.05, 0) is 95.2 Å². The lowest BCUT2D eigenvalue weighted by Crippen LogP contribution is -2.63. The van der Waals surface area contributed by atoms with Crippen LogP contribution < -0.4 is 4.74 Å². The number of sulfone groups is 1. The van der Waals surface area contributed by atoms with E-state index in [-0.39, 0.29) is 14.7 Å². The molecule has 58 heavy (non-hydrogen) atoms. The molecular formula is C38H31F9O8S3. The zero-order chi connectivity index (χ0) is 43.0. The quantitative estimate of drug-likeness (QED) is 0.0757. The maximum atomic E-state index is 15.2. The molecular weight excluding hydrogens is 852 g/mol. The molecule has 0 saturated carbocycles. The Balaban J connectivity index is 1.63. The number of ether oxygens (including phenoxy) is 3. The molecule has 0 aromatic heterocycles. The van der Waals surface area contributed by atoms with Crippen LogP contribution in [0.2, 0.25) is 0 Å². The van der Waals surface area contributed by atoms with Gasteiger partial charge in [-0.3, -0.25) is 0 Å². The average Bonchev–Trinajstić information content (AvgIpc) is 3.21. The molecule has 5 rings (SSSR count). The summed E-state index contributed by atoms with van der Waals surface area (Å²) < 4.78 is 202. The van der Waals surface area contributed by atoms with Gasteiger partial charge in [-0.15, -0.1) is 0 Å². The van der Waals surface area contributed by atoms with Crippen molar-refractivity contribution in [1.29, 1.82) is 0 Å². The third kappa shape index (κ3) is 7.34. The van der Waals surface area contributed by atoms with E-state index in [4.69, 9.17) is 17.8 Å². The van der Waals surface area contributed by atoms with Gasteiger partial charge in [0.1, 0.15) is 5.75 Å². The van der Waals surface area contributed by atoms with Gasteiger partial charge in [0.2, 0.25) is 15.6 Å². The summed E-state index contributed by atoms with van der Waals surface area (Å²) in [6.07, 6.45) is -7.31. The second kappa shape index (κ2) is 15.9. The molecule has 0 heterocycles. The van der Waals surface area contributed by atoms with Crippen LogP contribution in [0.25, 0.3) is 0 Å². The third-order valence-electron chi connectivity index (χ3n) is 8.83. The van der Waals surface area contributed by atoms with E-state index in [1.165, 1.54) is 82.0 Å². The number of alkyl halides is 9. The van der Waals surface area contributed by atoms with Crippen LogP contribution in [-0.4, -0.2) is 61.4 Å². The van der Waals surface area contributed by atoms with Gasteiger partial charge < -0.3 is 14.2 Å². The third-order valence-corrected chi connectivity index (χ3v) is 15.8. The monoisotopic (exact) mass is 882 g/mol. The van der Waals surface area contributed by atoms with Crippen molar-refractivity contribution >= 4 is 30.3 Å². The van der Waals surface area contributed by atoms with Gasteiger partial charge in [0.25, 0.3) is 0 Å². The molecule has 0 radical (unpaired) electrons. The molecule has 0 amide bonds. The Morgan fingerprint density at radius 2 is 0.810 bits per heavy atom. The van der Waals surface area contributed by atoms with Gasteiger partial charge >= 0.3 is 33.4 Å². The minimum Gasteiger partial charge on any atom is -0.497 e. The van der Waals surface area contributed by atoms with Crippen LogP contribution in [0.5, 0.6) is 5.75 Å². The number of hydrogen-bond donors (Lipinski definition) is 0. The van der Waals surface area contributed by atoms with E-state index < -0.39 is 69.1 Å². The highest BCUT2D eigenvalue weighted by Gasteiger charge is 2.86. The minimum atomic E-state index is -7.58. The van der Waals surface area contributed by atoms with Gasteiger partial charge in [0, 0.05) is 40.0 Å². The molecule has 0 spiro atoms. The first-order valence-corrected chi connectivity index (χ1v) is 20.7. The van der Waals surface area contributed by atoms with Crippen LogP contribution in [0, 0.1) is 0 Å². The fraction of sp³-hybridized carbons (Fsp3) is 0.211. The van der Waals surface area contributed by atoms with Crippen LogP contribution in [0.4, 0.5) is 39.5 Å². The lowest BCUT2D eigenvalue weighted by atomic mass is 9.97. The van der Waals surface area contributed by atoms with Crippen molar-refractivity contribution in [3.05, 3.63) is 145 Å². The summed E-state index contributed by atoms with van der Waals surface area (Å²) in [5.74, 6) is -16.1. The Morgan fingerprint density at radius 1 is 0.448 bits per heavy atom. The van der Waals surface area contributed by atoms with E-state index in [2.05, 4.69) is 0 Å². The van der Waals surface area contributed by atoms with Gasteiger partial charge in [-0.2, -0.15) is 47.9 Å². The number of benzene rings is 5. The maximum Gasteiger partial charge on any atom is 0.460 e. The van der Waals surface area contributed by atoms with Gasteiger partial charge in [0.15, 0.2) is 0 Å². The van der Waals surface area contributed by atoms with Crippen LogP contribution >= 0.6 is 10.3 Å². The second-order valence-electron chi connectivity index (χ2n) is 12.1. The van der Waals surface area contributed by atoms with Crippen LogP contribution in [0.1, 0.15) is 11.1 Å². The highest BCUT2D eigenvalue weighted by Crippen LogP contribution is 2.71. The molecule has 312 valence electrons. The summed E-state index contributed by atoms with van der Waals surface area (Å²) in [6, 6.07) is 27.8. The summed E-state index contributed by atoms with van der Waals surface area (Å²) in [7, 11) is -12.0. The topological polar surface area (TPSA) is 105 Å². The van der Waals surface area contributed by atoms with Crippen molar-refractivity contribution in [2.24, 2.45) is 0 Å². The fourth-order valence-corrected chi connectivity index (χ4v) is 12.3. The molecule has 0 aliphatic heterocycles. The molecule has 8 nitrogen and oxygen atoms in total. The molecule has 0 fully saturated rings. The Hall–Kier alpha value is -4.60. The SMILES string of the molecule is COc1ccc(C(OC)(OC)c2ccc(S(=O)(=O)c3ccc(S(OS(=O)(=O)C(F)(F)C(F)(F)C(F)(F)C(F)(F)F)(c4ccccc4)c4ccccc4)cc3)cc2)cc1. The molecule has 0 saturated heterocycles. The zero-order valence-corrected chi connectivity index (χ0v) is 32.5. The molecule has 0 bridgehead atoms. The largest absolute Gasteiger partial charge is 0.497 e. The van der Waals surface area contributed by atoms with Gasteiger partial charge in [-0.1, -0.05) is 48.5 Å². The number of halogens is 9. The first-order valence-electron chi connectivity index (χ1n) is 16.3. The number of rotatable bonds is 15. The summed E-state index contributed by atoms with van der Waals surface area (Å²) in [5, 5.41) is -7.19. The van der Waals surface area contributed by atoms with Crippen LogP contribution in [0.3, 0.4) is 0 Å². The standard InChI is InChI=1S/C38H31F9O8S3/c1-52-28-18-14-26(15-19-28)34(53-2,54-3)27-16-20-32(21-17-27)57(48,49)33-24-22-31(23-25-33)56(29-10-6-4-7-11-29,30-12-8-5-9-13-30)55-58(50,51)38(46,47)36(41,42)35(39,40)37(43,44)45/h4-25H,1-3H3. The Morgan fingerprint density at radius 3 is 1.19 bits per heavy atom. The zero-order valence-electron chi connectivity index (χ0n) is 30.1. The van der Waals surface area contributed by atoms with E-state index in [1.54, 1.807) is 24.3 Å². The Kier molecular flexibility index (Phi) is 12.2. The molecule has 0 N–H and O–H groups in total. The molecule has 0 atom stereocenters. The highest BCUT2D eigenvalue weighted by molar-refractivity contribution is 8.33. The van der Waals surface area contributed by atoms with E-state index in [0.29, 0.717) is 16.9 Å². The number of hydrogen-bond acceptors (Lipinski definition) is 8. The average molecular weight is 883 g/mol. The van der Waals surface area contributed by atoms with Crippen molar-refractivity contribution in [3.8, 4) is 5.75 Å². The van der Waals surface area contributed by atoms with E-state index >= 15 is 8.78 Å². The minimum absolute atomic E-state index is 0.282. The number of methoxy groups -OCH3 is 3. The molecule has 5 aromatic carbocycles. The molecule has 20 heteroatoms. The summed E-state index contributed by atoms with van der Waals surface area (Å²) in [5.41, 5.74) is 0.886. The Bertz CT molecular complexity index is 2370. The molecule has 5 aromatic rings. The predicted molar refractivity (Wildman–Crippen MR) is 192 cm³/mol. The lowest BCUT2D eigenvalue weighted by molar-refractivity contribution is -0.382. The predicted octanol–water partition coefficient (Wildman–Crippen LogP) is 9.99. The smallest absolute Gasteiger partial charge is 0.460 e. The first kappa shape index (κ1) is 44.5. The summed E-state index contributed by atoms with van der Waals surface area (Å²) in [4.78, 5) is -1.88. The lowest BCUT2D eigenvalue weighted by Gasteiger charge is -2.41. The van der Waals surface area contributed by atoms with E-state index in [9.17, 15) is 47.6 Å². The van der Waals surface area contributed by atoms with Gasteiger partial charge in [-0.25, -0.2) is 12.0 Å². The first-order chi connectivity index (χ1) is 27.0. The second-order valence-corrected chi connectivity index (χ2v) is 18.6. The van der Waals surface area contributed by atoms with Crippen LogP contribution in [-0.2, 0) is 38.8 Å². The Labute approximate surface area is 328 Å². The van der Waals surface area contributed by atoms with Gasteiger partial charge in [0.05, 0.1) is 16.9 Å². The van der Waals surface area contributed by atoms with Crippen molar-refractivity contribution in [1.82, 2.24) is 0 Å². The van der Waals surface area contributed by atoms with Crippen LogP contribution in [0.15, 0.2) is 158 Å². The van der Waals surface area contributed by atoms with E-state index in [1.807, 2.05) is 0 Å². The fourth-order valence-electron chi connectivity index (χ4n) is 5.78. The highest BCUT2D eigenvalue weighted by atomic mass is 32.3. The van der Waals surface area contributed by atoms with Crippen molar-refractivity contribution in [3.63, 3.8) is 0 Å². The molecule has 0 aliphatic carbocycles. The summed E-state index contributed by atoms with van der Waals surface area (Å²) >= 11 is 0. The van der Waals surface area contributed by atoms with Crippen molar-refractivity contribution in [2.45, 2.75) is 53.5 Å². The molecule has 0 aliphatic rings. The van der Waals surface area contributed by atoms with E-state index in [0.717, 1.165) is 48.5 Å². The maximum absolute atomic E-state index is 15.2. The molecule has 0 unspecified atom stereocenters.